The van der Waals surface area contributed by atoms with Gasteiger partial charge in [0.1, 0.15) is 0 Å². The van der Waals surface area contributed by atoms with Gasteiger partial charge in [-0.15, -0.1) is 0 Å². The number of rotatable bonds is 2. The fourth-order valence-electron chi connectivity index (χ4n) is 3.95. The molecule has 0 radical (unpaired) electrons. The summed E-state index contributed by atoms with van der Waals surface area (Å²) in [6.07, 6.45) is 8.65. The van der Waals surface area contributed by atoms with Gasteiger partial charge in [0, 0.05) is 21.8 Å². The highest BCUT2D eigenvalue weighted by Crippen LogP contribution is 2.51. The summed E-state index contributed by atoms with van der Waals surface area (Å²) >= 11 is 3.77. The summed E-state index contributed by atoms with van der Waals surface area (Å²) < 4.78 is 13.3. The predicted octanol–water partition coefficient (Wildman–Crippen LogP) is 4.16. The fraction of sp³-hybridized carbons (Fsp3) is 0.667. The minimum atomic E-state index is 0.0963. The van der Waals surface area contributed by atoms with Crippen molar-refractivity contribution in [1.29, 1.82) is 0 Å². The lowest BCUT2D eigenvalue weighted by atomic mass is 9.69. The molecule has 1 aromatic carbocycles. The number of ether oxygens (including phenoxy) is 2. The van der Waals surface area contributed by atoms with Crippen molar-refractivity contribution < 1.29 is 9.47 Å². The molecule has 4 rings (SSSR count). The van der Waals surface area contributed by atoms with E-state index >= 15 is 0 Å². The van der Waals surface area contributed by atoms with E-state index in [1.54, 1.807) is 0 Å². The van der Waals surface area contributed by atoms with Gasteiger partial charge in [-0.1, -0.05) is 35.2 Å². The zero-order valence-electron chi connectivity index (χ0n) is 13.0. The first-order valence-electron chi connectivity index (χ1n) is 8.46. The maximum absolute atomic E-state index is 6.21. The first kappa shape index (κ1) is 14.8. The molecule has 1 aliphatic heterocycles. The van der Waals surface area contributed by atoms with Gasteiger partial charge in [-0.3, -0.25) is 0 Å². The Hall–Kier alpha value is -0.740. The van der Waals surface area contributed by atoms with Gasteiger partial charge in [0.05, 0.1) is 13.2 Å². The minimum absolute atomic E-state index is 0.0963. The molecule has 2 N–H and O–H groups in total. The van der Waals surface area contributed by atoms with E-state index in [-0.39, 0.29) is 10.8 Å². The molecule has 0 saturated heterocycles. The summed E-state index contributed by atoms with van der Waals surface area (Å²) in [5.41, 5.74) is 7.89. The zero-order chi connectivity index (χ0) is 15.2. The first-order chi connectivity index (χ1) is 10.7. The summed E-state index contributed by atoms with van der Waals surface area (Å²) in [6.45, 7) is 2.28. The van der Waals surface area contributed by atoms with Crippen molar-refractivity contribution in [1.82, 2.24) is 0 Å². The standard InChI is InChI=1S/C18H24BrNO2/c19-14-9-16-15(21-11-17(6-7-17)12-22-16)8-13(14)18(10-20)4-2-1-3-5-18/h8-9H,1-7,10-12,20H2. The van der Waals surface area contributed by atoms with Crippen LogP contribution in [0.4, 0.5) is 0 Å². The molecule has 2 fully saturated rings. The van der Waals surface area contributed by atoms with Crippen molar-refractivity contribution in [3.63, 3.8) is 0 Å². The van der Waals surface area contributed by atoms with Crippen LogP contribution in [0.3, 0.4) is 0 Å². The number of benzene rings is 1. The van der Waals surface area contributed by atoms with Crippen molar-refractivity contribution in [2.24, 2.45) is 11.1 Å². The Balaban J connectivity index is 1.70. The molecule has 0 atom stereocenters. The topological polar surface area (TPSA) is 44.5 Å². The summed E-state index contributed by atoms with van der Waals surface area (Å²) in [6, 6.07) is 4.29. The fourth-order valence-corrected chi connectivity index (χ4v) is 4.69. The van der Waals surface area contributed by atoms with Gasteiger partial charge in [-0.25, -0.2) is 0 Å². The summed E-state index contributed by atoms with van der Waals surface area (Å²) in [7, 11) is 0. The normalized spacial score (nSPS) is 24.8. The molecule has 4 heteroatoms. The van der Waals surface area contributed by atoms with Crippen LogP contribution in [-0.2, 0) is 5.41 Å². The van der Waals surface area contributed by atoms with E-state index < -0.39 is 0 Å². The molecule has 2 aliphatic carbocycles. The molecular formula is C18H24BrNO2. The van der Waals surface area contributed by atoms with Crippen LogP contribution in [0.25, 0.3) is 0 Å². The average molecular weight is 366 g/mol. The highest BCUT2D eigenvalue weighted by Gasteiger charge is 2.46. The molecule has 0 amide bonds. The first-order valence-corrected chi connectivity index (χ1v) is 9.26. The van der Waals surface area contributed by atoms with E-state index in [1.807, 2.05) is 0 Å². The highest BCUT2D eigenvalue weighted by atomic mass is 79.9. The molecule has 3 nitrogen and oxygen atoms in total. The summed E-state index contributed by atoms with van der Waals surface area (Å²) in [5.74, 6) is 1.78. The van der Waals surface area contributed by atoms with E-state index in [2.05, 4.69) is 28.1 Å². The molecule has 0 aromatic heterocycles. The number of halogens is 1. The number of nitrogens with two attached hydrogens (primary N) is 1. The van der Waals surface area contributed by atoms with E-state index in [0.29, 0.717) is 6.54 Å². The Morgan fingerprint density at radius 2 is 1.59 bits per heavy atom. The lowest BCUT2D eigenvalue weighted by Gasteiger charge is -2.37. The Labute approximate surface area is 140 Å². The third-order valence-electron chi connectivity index (χ3n) is 5.83. The molecule has 1 aromatic rings. The van der Waals surface area contributed by atoms with E-state index in [0.717, 1.165) is 29.2 Å². The third kappa shape index (κ3) is 2.44. The average Bonchev–Trinajstić information content (AvgIpc) is 3.35. The Bertz CT molecular complexity index is 577. The second-order valence-corrected chi connectivity index (χ2v) is 8.26. The van der Waals surface area contributed by atoms with Crippen molar-refractivity contribution in [3.8, 4) is 11.5 Å². The maximum atomic E-state index is 6.21. The van der Waals surface area contributed by atoms with Crippen LogP contribution in [-0.4, -0.2) is 19.8 Å². The molecular weight excluding hydrogens is 342 g/mol. The lowest BCUT2D eigenvalue weighted by molar-refractivity contribution is 0.197. The smallest absolute Gasteiger partial charge is 0.162 e. The minimum Gasteiger partial charge on any atom is -0.489 e. The molecule has 22 heavy (non-hydrogen) atoms. The van der Waals surface area contributed by atoms with Crippen LogP contribution < -0.4 is 15.2 Å². The Kier molecular flexibility index (Phi) is 3.65. The van der Waals surface area contributed by atoms with Crippen molar-refractivity contribution in [3.05, 3.63) is 22.2 Å². The monoisotopic (exact) mass is 365 g/mol. The zero-order valence-corrected chi connectivity index (χ0v) is 14.6. The Morgan fingerprint density at radius 3 is 2.18 bits per heavy atom. The predicted molar refractivity (Wildman–Crippen MR) is 90.6 cm³/mol. The van der Waals surface area contributed by atoms with Gasteiger partial charge in [0.25, 0.3) is 0 Å². The molecule has 0 bridgehead atoms. The molecule has 0 unspecified atom stereocenters. The van der Waals surface area contributed by atoms with Crippen LogP contribution in [0.1, 0.15) is 50.5 Å². The SMILES string of the molecule is NCC1(c2cc3c(cc2Br)OCC2(CC2)CO3)CCCCC1. The third-order valence-corrected chi connectivity index (χ3v) is 6.49. The van der Waals surface area contributed by atoms with Crippen LogP contribution >= 0.6 is 15.9 Å². The molecule has 120 valence electrons. The largest absolute Gasteiger partial charge is 0.489 e. The number of fused-ring (bicyclic) bond motifs is 1. The van der Waals surface area contributed by atoms with Crippen molar-refractivity contribution >= 4 is 15.9 Å². The van der Waals surface area contributed by atoms with Crippen LogP contribution in [0.15, 0.2) is 16.6 Å². The van der Waals surface area contributed by atoms with Crippen LogP contribution in [0, 0.1) is 5.41 Å². The quantitative estimate of drug-likeness (QED) is 0.855. The van der Waals surface area contributed by atoms with Crippen molar-refractivity contribution in [2.45, 2.75) is 50.4 Å². The van der Waals surface area contributed by atoms with Gasteiger partial charge in [0.2, 0.25) is 0 Å². The molecule has 2 saturated carbocycles. The summed E-state index contributed by atoms with van der Waals surface area (Å²) in [4.78, 5) is 0. The van der Waals surface area contributed by atoms with Crippen LogP contribution in [0.2, 0.25) is 0 Å². The lowest BCUT2D eigenvalue weighted by Crippen LogP contribution is -2.37. The molecule has 3 aliphatic rings. The second kappa shape index (κ2) is 5.41. The summed E-state index contributed by atoms with van der Waals surface area (Å²) in [5, 5.41) is 0. The molecule has 1 heterocycles. The second-order valence-electron chi connectivity index (χ2n) is 7.40. The molecule has 1 spiro atoms. The maximum Gasteiger partial charge on any atom is 0.162 e. The number of hydrogen-bond donors (Lipinski definition) is 1. The van der Waals surface area contributed by atoms with E-state index in [1.165, 1.54) is 50.5 Å². The van der Waals surface area contributed by atoms with Gasteiger partial charge in [0.15, 0.2) is 11.5 Å². The van der Waals surface area contributed by atoms with Gasteiger partial charge in [-0.05, 0) is 43.4 Å². The van der Waals surface area contributed by atoms with Gasteiger partial charge < -0.3 is 15.2 Å². The van der Waals surface area contributed by atoms with Crippen molar-refractivity contribution in [2.75, 3.05) is 19.8 Å². The van der Waals surface area contributed by atoms with Gasteiger partial charge >= 0.3 is 0 Å². The Morgan fingerprint density at radius 1 is 0.955 bits per heavy atom. The van der Waals surface area contributed by atoms with Crippen LogP contribution in [0.5, 0.6) is 11.5 Å². The van der Waals surface area contributed by atoms with Gasteiger partial charge in [-0.2, -0.15) is 0 Å². The number of hydrogen-bond acceptors (Lipinski definition) is 3. The van der Waals surface area contributed by atoms with E-state index in [4.69, 9.17) is 15.2 Å². The van der Waals surface area contributed by atoms with E-state index in [9.17, 15) is 0 Å². The highest BCUT2D eigenvalue weighted by molar-refractivity contribution is 9.10.